The van der Waals surface area contributed by atoms with Crippen LogP contribution in [0.25, 0.3) is 0 Å². The molecule has 4 nitrogen and oxygen atoms in total. The van der Waals surface area contributed by atoms with Gasteiger partial charge >= 0.3 is 7.59 Å². The molecule has 1 aromatic rings. The zero-order valence-corrected chi connectivity index (χ0v) is 13.4. The van der Waals surface area contributed by atoms with Crippen molar-refractivity contribution in [2.75, 3.05) is 29.9 Å². The number of alkyl halides is 2. The molecule has 1 aromatic carbocycles. The topological polar surface area (TPSA) is 44.7 Å². The van der Waals surface area contributed by atoms with Crippen molar-refractivity contribution >= 4 is 53.9 Å². The van der Waals surface area contributed by atoms with Crippen molar-refractivity contribution in [3.8, 4) is 0 Å². The Kier molecular flexibility index (Phi) is 7.62. The predicted octanol–water partition coefficient (Wildman–Crippen LogP) is 4.09. The van der Waals surface area contributed by atoms with E-state index in [2.05, 4.69) is 27.2 Å². The van der Waals surface area contributed by atoms with Crippen molar-refractivity contribution in [3.63, 3.8) is 0 Å². The lowest BCUT2D eigenvalue weighted by atomic mass is 10.3. The number of hydrogen-bond acceptors (Lipinski definition) is 2. The summed E-state index contributed by atoms with van der Waals surface area (Å²) >= 11 is 16.0. The molecule has 0 aliphatic rings. The highest BCUT2D eigenvalue weighted by atomic mass is 35.5. The molecule has 0 saturated carbocycles. The molecule has 0 spiro atoms. The normalized spacial score (nSPS) is 13.6. The van der Waals surface area contributed by atoms with E-state index in [1.807, 2.05) is 18.2 Å². The molecule has 1 unspecified atom stereocenters. The molecule has 0 aromatic heterocycles. The van der Waals surface area contributed by atoms with Gasteiger partial charge < -0.3 is 5.09 Å². The molecule has 1 rings (SSSR count). The summed E-state index contributed by atoms with van der Waals surface area (Å²) in [5.41, 5.74) is 0.689. The summed E-state index contributed by atoms with van der Waals surface area (Å²) in [6, 6.07) is 9.13. The third-order valence-corrected chi connectivity index (χ3v) is 4.95. The summed E-state index contributed by atoms with van der Waals surface area (Å²) in [5.74, 6) is 0.647. The number of benzene rings is 1. The van der Waals surface area contributed by atoms with Gasteiger partial charge in [0.05, 0.1) is 5.16 Å². The first-order valence-electron chi connectivity index (χ1n) is 5.56. The van der Waals surface area contributed by atoms with Crippen LogP contribution in [0.5, 0.6) is 0 Å². The Hall–Kier alpha value is -0.410. The Bertz CT molecular complexity index is 476. The van der Waals surface area contributed by atoms with Gasteiger partial charge in [-0.15, -0.1) is 28.0 Å². The van der Waals surface area contributed by atoms with Gasteiger partial charge in [-0.05, 0) is 24.4 Å². The maximum atomic E-state index is 12.9. The summed E-state index contributed by atoms with van der Waals surface area (Å²) in [6.07, 6.45) is 0. The van der Waals surface area contributed by atoms with Crippen LogP contribution in [0.3, 0.4) is 0 Å². The number of para-hydroxylation sites is 1. The minimum Gasteiger partial charge on any atom is -0.306 e. The molecule has 0 fully saturated rings. The van der Waals surface area contributed by atoms with Gasteiger partial charge in [-0.2, -0.15) is 0 Å². The van der Waals surface area contributed by atoms with Crippen molar-refractivity contribution in [3.05, 3.63) is 30.3 Å². The fraction of sp³-hybridized carbons (Fsp3) is 0.364. The van der Waals surface area contributed by atoms with Gasteiger partial charge in [-0.3, -0.25) is 4.57 Å². The zero-order chi connectivity index (χ0) is 14.1. The van der Waals surface area contributed by atoms with Crippen molar-refractivity contribution < 1.29 is 4.57 Å². The van der Waals surface area contributed by atoms with Crippen LogP contribution in [0.4, 0.5) is 5.69 Å². The highest BCUT2D eigenvalue weighted by Crippen LogP contribution is 2.50. The molecular weight excluding hydrogens is 324 g/mol. The van der Waals surface area contributed by atoms with Crippen LogP contribution >= 0.6 is 43.0 Å². The first-order valence-corrected chi connectivity index (χ1v) is 8.65. The molecule has 0 radical (unpaired) electrons. The number of anilines is 1. The van der Waals surface area contributed by atoms with Gasteiger partial charge in [-0.25, -0.2) is 4.67 Å². The van der Waals surface area contributed by atoms with E-state index in [9.17, 15) is 4.57 Å². The Balaban J connectivity index is 3.00. The van der Waals surface area contributed by atoms with Gasteiger partial charge in [0.25, 0.3) is 0 Å². The average Bonchev–Trinajstić information content (AvgIpc) is 2.40. The third-order valence-electron chi connectivity index (χ3n) is 2.29. The number of nitrogens with zero attached hydrogens (tertiary/aromatic N) is 2. The van der Waals surface area contributed by atoms with E-state index in [1.165, 1.54) is 0 Å². The fourth-order valence-corrected chi connectivity index (χ4v) is 4.11. The van der Waals surface area contributed by atoms with Gasteiger partial charge in [-0.1, -0.05) is 18.2 Å². The minimum absolute atomic E-state index is 0.324. The highest BCUT2D eigenvalue weighted by Gasteiger charge is 2.29. The summed E-state index contributed by atoms with van der Waals surface area (Å²) in [7, 11) is -3.26. The van der Waals surface area contributed by atoms with Crippen molar-refractivity contribution in [2.45, 2.75) is 0 Å². The molecule has 0 amide bonds. The van der Waals surface area contributed by atoms with E-state index in [-0.39, 0.29) is 0 Å². The third kappa shape index (κ3) is 5.23. The van der Waals surface area contributed by atoms with Crippen LogP contribution in [-0.4, -0.2) is 34.7 Å². The Labute approximate surface area is 128 Å². The summed E-state index contributed by atoms with van der Waals surface area (Å²) < 4.78 is 18.3. The second-order valence-electron chi connectivity index (χ2n) is 3.54. The van der Waals surface area contributed by atoms with Gasteiger partial charge in [0.15, 0.2) is 0 Å². The van der Waals surface area contributed by atoms with E-state index >= 15 is 0 Å². The van der Waals surface area contributed by atoms with Crippen LogP contribution in [0, 0.1) is 0 Å². The summed E-state index contributed by atoms with van der Waals surface area (Å²) in [6.45, 7) is 0.789. The standard InChI is InChI=1S/C11H14Cl2N3OPS/c12-6-8-16(9-7-13)18(17,14-10-19)15-11-4-2-1-3-5-11/h1-5H,6-9H2,(H,15,17). The molecule has 19 heavy (non-hydrogen) atoms. The van der Waals surface area contributed by atoms with E-state index in [4.69, 9.17) is 23.2 Å². The van der Waals surface area contributed by atoms with Gasteiger partial charge in [0.1, 0.15) is 0 Å². The second-order valence-corrected chi connectivity index (χ2v) is 6.56. The maximum absolute atomic E-state index is 12.9. The first-order chi connectivity index (χ1) is 9.16. The largest absolute Gasteiger partial charge is 0.360 e. The molecule has 0 bridgehead atoms. The molecule has 1 N–H and O–H groups in total. The Morgan fingerprint density at radius 1 is 1.26 bits per heavy atom. The van der Waals surface area contributed by atoms with Crippen molar-refractivity contribution in [1.82, 2.24) is 4.67 Å². The lowest BCUT2D eigenvalue weighted by Crippen LogP contribution is -2.27. The number of hydrogen-bond donors (Lipinski definition) is 1. The van der Waals surface area contributed by atoms with E-state index < -0.39 is 7.59 Å². The molecule has 8 heteroatoms. The number of rotatable bonds is 8. The lowest BCUT2D eigenvalue weighted by Gasteiger charge is -2.27. The Morgan fingerprint density at radius 2 is 1.84 bits per heavy atom. The summed E-state index contributed by atoms with van der Waals surface area (Å²) in [4.78, 5) is 0. The van der Waals surface area contributed by atoms with Gasteiger partial charge in [0, 0.05) is 30.5 Å². The summed E-state index contributed by atoms with van der Waals surface area (Å²) in [5, 5.41) is 5.08. The van der Waals surface area contributed by atoms with Crippen LogP contribution < -0.4 is 5.09 Å². The van der Waals surface area contributed by atoms with E-state index in [1.54, 1.807) is 16.8 Å². The van der Waals surface area contributed by atoms with Gasteiger partial charge in [0.2, 0.25) is 0 Å². The Morgan fingerprint density at radius 3 is 2.32 bits per heavy atom. The zero-order valence-electron chi connectivity index (χ0n) is 10.1. The lowest BCUT2D eigenvalue weighted by molar-refractivity contribution is 0.451. The smallest absolute Gasteiger partial charge is 0.306 e. The number of isothiocyanates is 1. The maximum Gasteiger partial charge on any atom is 0.360 e. The number of nitrogens with one attached hydrogen (secondary N) is 1. The number of thiocarbonyl (C=S) groups is 1. The van der Waals surface area contributed by atoms with Crippen molar-refractivity contribution in [1.29, 1.82) is 0 Å². The SMILES string of the molecule is O=P(N=C=S)(Nc1ccccc1)N(CCCl)CCCl. The first kappa shape index (κ1) is 16.6. The quantitative estimate of drug-likeness (QED) is 0.336. The van der Waals surface area contributed by atoms with Crippen LogP contribution in [0.15, 0.2) is 35.1 Å². The molecule has 0 saturated heterocycles. The molecular formula is C11H14Cl2N3OPS. The van der Waals surface area contributed by atoms with Crippen molar-refractivity contribution in [2.24, 2.45) is 4.76 Å². The molecule has 1 atom stereocenters. The van der Waals surface area contributed by atoms with Crippen LogP contribution in [0.1, 0.15) is 0 Å². The molecule has 0 heterocycles. The van der Waals surface area contributed by atoms with E-state index in [0.29, 0.717) is 30.5 Å². The number of halogens is 2. The minimum atomic E-state index is -3.26. The molecule has 0 aliphatic carbocycles. The van der Waals surface area contributed by atoms with Crippen LogP contribution in [-0.2, 0) is 4.57 Å². The molecule has 104 valence electrons. The monoisotopic (exact) mass is 337 g/mol. The fourth-order valence-electron chi connectivity index (χ4n) is 1.47. The predicted molar refractivity (Wildman–Crippen MR) is 85.7 cm³/mol. The van der Waals surface area contributed by atoms with Crippen LogP contribution in [0.2, 0.25) is 0 Å². The highest BCUT2D eigenvalue weighted by molar-refractivity contribution is 7.78. The van der Waals surface area contributed by atoms with E-state index in [0.717, 1.165) is 0 Å². The average molecular weight is 338 g/mol. The molecule has 0 aliphatic heterocycles. The second kappa shape index (κ2) is 8.70.